The maximum absolute atomic E-state index is 14.8. The molecule has 2 fully saturated rings. The first-order valence-electron chi connectivity index (χ1n) is 10.2. The van der Waals surface area contributed by atoms with Crippen molar-refractivity contribution in [3.63, 3.8) is 0 Å². The number of likely N-dealkylation sites (tertiary alicyclic amines) is 1. The molecule has 1 aliphatic carbocycles. The Hall–Kier alpha value is -3.02. The lowest BCUT2D eigenvalue weighted by molar-refractivity contribution is -0.141. The number of nitrogens with zero attached hydrogens (tertiary/aromatic N) is 1. The molecule has 1 N–H and O–H groups in total. The highest BCUT2D eigenvalue weighted by Gasteiger charge is 2.49. The number of aryl methyl sites for hydroxylation is 1. The van der Waals surface area contributed by atoms with Gasteiger partial charge in [-0.1, -0.05) is 37.5 Å². The van der Waals surface area contributed by atoms with Crippen molar-refractivity contribution in [3.8, 4) is 0 Å². The van der Waals surface area contributed by atoms with E-state index in [0.717, 1.165) is 32.1 Å². The molecule has 4 rings (SSSR count). The van der Waals surface area contributed by atoms with Gasteiger partial charge in [-0.3, -0.25) is 9.59 Å². The van der Waals surface area contributed by atoms with Crippen LogP contribution in [-0.2, 0) is 9.59 Å². The summed E-state index contributed by atoms with van der Waals surface area (Å²) in [5, 5.41) is 11.0. The Bertz CT molecular complexity index is 1040. The number of rotatable bonds is 3. The molecule has 156 valence electrons. The summed E-state index contributed by atoms with van der Waals surface area (Å²) < 4.78 is 28.5. The average molecular weight is 411 g/mol. The van der Waals surface area contributed by atoms with E-state index in [2.05, 4.69) is 0 Å². The molecule has 1 amide bonds. The predicted molar refractivity (Wildman–Crippen MR) is 109 cm³/mol. The van der Waals surface area contributed by atoms with Crippen molar-refractivity contribution in [1.82, 2.24) is 4.90 Å². The van der Waals surface area contributed by atoms with E-state index in [1.54, 1.807) is 13.0 Å². The van der Waals surface area contributed by atoms with Crippen molar-refractivity contribution in [2.45, 2.75) is 51.1 Å². The fourth-order valence-electron chi connectivity index (χ4n) is 4.54. The van der Waals surface area contributed by atoms with E-state index in [4.69, 9.17) is 0 Å². The average Bonchev–Trinajstić information content (AvgIpc) is 3.01. The van der Waals surface area contributed by atoms with Crippen molar-refractivity contribution in [1.29, 1.82) is 0 Å². The van der Waals surface area contributed by atoms with Crippen molar-refractivity contribution in [2.75, 3.05) is 0 Å². The molecule has 2 aliphatic rings. The molecule has 4 nitrogen and oxygen atoms in total. The van der Waals surface area contributed by atoms with Crippen LogP contribution in [0.3, 0.4) is 0 Å². The van der Waals surface area contributed by atoms with E-state index in [1.807, 2.05) is 0 Å². The zero-order valence-electron chi connectivity index (χ0n) is 16.7. The minimum Gasteiger partial charge on any atom is -0.507 e. The molecule has 1 atom stereocenters. The number of halogens is 2. The smallest absolute Gasteiger partial charge is 0.295 e. The summed E-state index contributed by atoms with van der Waals surface area (Å²) in [5.41, 5.74) is 0.532. The summed E-state index contributed by atoms with van der Waals surface area (Å²) in [5.74, 6) is -2.97. The summed E-state index contributed by atoms with van der Waals surface area (Å²) in [6.45, 7) is 1.54. The van der Waals surface area contributed by atoms with Crippen LogP contribution in [0.2, 0.25) is 0 Å². The van der Waals surface area contributed by atoms with E-state index < -0.39 is 35.1 Å². The van der Waals surface area contributed by atoms with Crippen LogP contribution in [0.5, 0.6) is 0 Å². The maximum Gasteiger partial charge on any atom is 0.295 e. The molecule has 6 heteroatoms. The molecule has 0 bridgehead atoms. The normalized spacial score (nSPS) is 22.0. The third-order valence-electron chi connectivity index (χ3n) is 6.08. The zero-order chi connectivity index (χ0) is 21.4. The van der Waals surface area contributed by atoms with Crippen molar-refractivity contribution >= 4 is 17.4 Å². The number of carbonyl (C=O) groups excluding carboxylic acids is 2. The van der Waals surface area contributed by atoms with Gasteiger partial charge in [-0.05, 0) is 49.6 Å². The Morgan fingerprint density at radius 3 is 2.37 bits per heavy atom. The maximum atomic E-state index is 14.8. The van der Waals surface area contributed by atoms with Gasteiger partial charge >= 0.3 is 0 Å². The highest BCUT2D eigenvalue weighted by atomic mass is 19.1. The molecule has 1 saturated carbocycles. The second-order valence-electron chi connectivity index (χ2n) is 7.98. The molecular formula is C24H23F2NO3. The van der Waals surface area contributed by atoms with E-state index in [9.17, 15) is 23.5 Å². The van der Waals surface area contributed by atoms with Gasteiger partial charge in [0.1, 0.15) is 17.4 Å². The van der Waals surface area contributed by atoms with E-state index in [0.29, 0.717) is 5.56 Å². The fraction of sp³-hybridized carbons (Fsp3) is 0.333. The molecule has 1 heterocycles. The first-order chi connectivity index (χ1) is 14.4. The van der Waals surface area contributed by atoms with E-state index in [-0.39, 0.29) is 22.7 Å². The molecule has 0 radical (unpaired) electrons. The Labute approximate surface area is 173 Å². The number of hydrogen-bond acceptors (Lipinski definition) is 3. The second-order valence-corrected chi connectivity index (χ2v) is 7.98. The van der Waals surface area contributed by atoms with Gasteiger partial charge in [0.25, 0.3) is 11.7 Å². The van der Waals surface area contributed by atoms with Gasteiger partial charge < -0.3 is 10.0 Å². The van der Waals surface area contributed by atoms with Gasteiger partial charge in [-0.25, -0.2) is 8.78 Å². The van der Waals surface area contributed by atoms with Crippen molar-refractivity contribution in [2.24, 2.45) is 0 Å². The van der Waals surface area contributed by atoms with Crippen LogP contribution in [-0.4, -0.2) is 27.7 Å². The van der Waals surface area contributed by atoms with Crippen LogP contribution >= 0.6 is 0 Å². The molecule has 1 unspecified atom stereocenters. The van der Waals surface area contributed by atoms with Gasteiger partial charge in [0.15, 0.2) is 0 Å². The first kappa shape index (κ1) is 20.3. The predicted octanol–water partition coefficient (Wildman–Crippen LogP) is 5.03. The molecule has 2 aromatic carbocycles. The number of aliphatic hydroxyl groups excluding tert-OH is 1. The number of hydrogen-bond donors (Lipinski definition) is 1. The van der Waals surface area contributed by atoms with Crippen molar-refractivity contribution < 1.29 is 23.5 Å². The number of Topliss-reactive ketones (excluding diaryl/α,β-unsaturated/α-hetero) is 1. The summed E-state index contributed by atoms with van der Waals surface area (Å²) in [6.07, 6.45) is 4.37. The fourth-order valence-corrected chi connectivity index (χ4v) is 4.54. The highest BCUT2D eigenvalue weighted by molar-refractivity contribution is 6.46. The third-order valence-corrected chi connectivity index (χ3v) is 6.08. The molecular weight excluding hydrogens is 388 g/mol. The number of ketones is 1. The molecule has 0 aromatic heterocycles. The second kappa shape index (κ2) is 8.01. The Balaban J connectivity index is 1.90. The summed E-state index contributed by atoms with van der Waals surface area (Å²) in [7, 11) is 0. The van der Waals surface area contributed by atoms with E-state index in [1.165, 1.54) is 41.3 Å². The van der Waals surface area contributed by atoms with Crippen LogP contribution in [0.4, 0.5) is 8.78 Å². The van der Waals surface area contributed by atoms with Gasteiger partial charge in [0.2, 0.25) is 0 Å². The van der Waals surface area contributed by atoms with Crippen LogP contribution in [0.15, 0.2) is 48.0 Å². The summed E-state index contributed by atoms with van der Waals surface area (Å²) in [4.78, 5) is 27.5. The molecule has 1 aliphatic heterocycles. The van der Waals surface area contributed by atoms with Gasteiger partial charge in [0, 0.05) is 17.2 Å². The standard InChI is InChI=1S/C24H23F2NO3/c1-14-13-15(11-12-18(14)25)22(28)20-21(17-9-5-6-10-19(17)26)27(24(30)23(20)29)16-7-3-2-4-8-16/h5-6,9-13,16,21,28H,2-4,7-8H2,1H3/b22-20+. The van der Waals surface area contributed by atoms with Gasteiger partial charge in [-0.15, -0.1) is 0 Å². The Morgan fingerprint density at radius 1 is 1.00 bits per heavy atom. The molecule has 30 heavy (non-hydrogen) atoms. The Morgan fingerprint density at radius 2 is 1.70 bits per heavy atom. The summed E-state index contributed by atoms with van der Waals surface area (Å²) >= 11 is 0. The molecule has 1 saturated heterocycles. The quantitative estimate of drug-likeness (QED) is 0.438. The SMILES string of the molecule is Cc1cc(/C(O)=C2\C(=O)C(=O)N(C3CCCCC3)C2c2ccccc2F)ccc1F. The number of benzene rings is 2. The van der Waals surface area contributed by atoms with Crippen molar-refractivity contribution in [3.05, 3.63) is 76.4 Å². The monoisotopic (exact) mass is 411 g/mol. The molecule has 0 spiro atoms. The topological polar surface area (TPSA) is 57.6 Å². The zero-order valence-corrected chi connectivity index (χ0v) is 16.7. The lowest BCUT2D eigenvalue weighted by Gasteiger charge is -2.35. The lowest BCUT2D eigenvalue weighted by atomic mass is 9.90. The van der Waals surface area contributed by atoms with Crippen LogP contribution in [0.1, 0.15) is 54.8 Å². The van der Waals surface area contributed by atoms with Crippen LogP contribution in [0, 0.1) is 18.6 Å². The van der Waals surface area contributed by atoms with E-state index >= 15 is 0 Å². The first-order valence-corrected chi connectivity index (χ1v) is 10.2. The summed E-state index contributed by atoms with van der Waals surface area (Å²) in [6, 6.07) is 8.74. The number of carbonyl (C=O) groups is 2. The lowest BCUT2D eigenvalue weighted by Crippen LogP contribution is -2.40. The van der Waals surface area contributed by atoms with Crippen LogP contribution in [0.25, 0.3) is 5.76 Å². The van der Waals surface area contributed by atoms with Gasteiger partial charge in [-0.2, -0.15) is 0 Å². The minimum absolute atomic E-state index is 0.151. The van der Waals surface area contributed by atoms with Crippen LogP contribution < -0.4 is 0 Å². The third kappa shape index (κ3) is 3.40. The molecule has 2 aromatic rings. The number of amides is 1. The highest BCUT2D eigenvalue weighted by Crippen LogP contribution is 2.43. The largest absolute Gasteiger partial charge is 0.507 e. The minimum atomic E-state index is -1.01. The number of aliphatic hydroxyl groups is 1. The Kier molecular flexibility index (Phi) is 5.41. The van der Waals surface area contributed by atoms with Gasteiger partial charge in [0.05, 0.1) is 11.6 Å².